The minimum absolute atomic E-state index is 0.181. The molecule has 2 amide bonds. The molecule has 0 unspecified atom stereocenters. The summed E-state index contributed by atoms with van der Waals surface area (Å²) in [7, 11) is 0. The van der Waals surface area contributed by atoms with E-state index in [1.807, 2.05) is 6.07 Å². The largest absolute Gasteiger partial charge is 0.462 e. The van der Waals surface area contributed by atoms with Crippen LogP contribution in [0, 0.1) is 0 Å². The van der Waals surface area contributed by atoms with Gasteiger partial charge in [0.25, 0.3) is 0 Å². The van der Waals surface area contributed by atoms with Gasteiger partial charge in [-0.15, -0.1) is 0 Å². The topological polar surface area (TPSA) is 61.9 Å². The molecule has 2 aromatic carbocycles. The van der Waals surface area contributed by atoms with Gasteiger partial charge >= 0.3 is 12.0 Å². The molecule has 0 atom stereocenters. The molecule has 1 aliphatic rings. The van der Waals surface area contributed by atoms with Gasteiger partial charge in [-0.2, -0.15) is 0 Å². The van der Waals surface area contributed by atoms with E-state index in [0.29, 0.717) is 30.9 Å². The van der Waals surface area contributed by atoms with E-state index in [-0.39, 0.29) is 6.03 Å². The summed E-state index contributed by atoms with van der Waals surface area (Å²) in [5.74, 6) is -0.427. The number of rotatable bonds is 6. The monoisotopic (exact) mass is 381 g/mol. The summed E-state index contributed by atoms with van der Waals surface area (Å²) >= 11 is 0. The van der Waals surface area contributed by atoms with Crippen molar-refractivity contribution in [3.63, 3.8) is 0 Å². The first-order chi connectivity index (χ1) is 13.7. The van der Waals surface area contributed by atoms with Crippen LogP contribution >= 0.6 is 0 Å². The molecule has 148 valence electrons. The third kappa shape index (κ3) is 5.33. The van der Waals surface area contributed by atoms with Crippen LogP contribution in [0.1, 0.15) is 22.8 Å². The number of para-hydroxylation sites is 1. The van der Waals surface area contributed by atoms with Gasteiger partial charge in [-0.1, -0.05) is 42.5 Å². The molecule has 3 rings (SSSR count). The van der Waals surface area contributed by atoms with Gasteiger partial charge in [0.05, 0.1) is 17.9 Å². The predicted molar refractivity (Wildman–Crippen MR) is 110 cm³/mol. The number of hydrogen-bond acceptors (Lipinski definition) is 4. The number of ether oxygens (including phenoxy) is 1. The third-order valence-electron chi connectivity index (χ3n) is 4.88. The maximum atomic E-state index is 12.6. The fourth-order valence-electron chi connectivity index (χ4n) is 3.28. The van der Waals surface area contributed by atoms with Crippen molar-refractivity contribution in [1.82, 2.24) is 9.80 Å². The van der Waals surface area contributed by atoms with Gasteiger partial charge in [0, 0.05) is 32.7 Å². The zero-order chi connectivity index (χ0) is 19.8. The number of benzene rings is 2. The van der Waals surface area contributed by atoms with Crippen LogP contribution in [0.15, 0.2) is 54.6 Å². The van der Waals surface area contributed by atoms with Crippen molar-refractivity contribution in [3.8, 4) is 0 Å². The van der Waals surface area contributed by atoms with Gasteiger partial charge in [-0.05, 0) is 31.0 Å². The summed E-state index contributed by atoms with van der Waals surface area (Å²) in [6.07, 6.45) is 1.01. The predicted octanol–water partition coefficient (Wildman–Crippen LogP) is 3.26. The number of piperazine rings is 1. The fraction of sp³-hybridized carbons (Fsp3) is 0.364. The molecule has 1 heterocycles. The Bertz CT molecular complexity index is 787. The maximum Gasteiger partial charge on any atom is 0.340 e. The molecule has 1 N–H and O–H groups in total. The molecule has 0 saturated carbocycles. The van der Waals surface area contributed by atoms with Crippen LogP contribution in [0.3, 0.4) is 0 Å². The van der Waals surface area contributed by atoms with E-state index in [2.05, 4.69) is 34.5 Å². The van der Waals surface area contributed by atoms with Gasteiger partial charge in [0.2, 0.25) is 0 Å². The lowest BCUT2D eigenvalue weighted by Crippen LogP contribution is -2.50. The van der Waals surface area contributed by atoms with Crippen molar-refractivity contribution in [2.75, 3.05) is 44.6 Å². The Balaban J connectivity index is 1.50. The second-order valence-electron chi connectivity index (χ2n) is 6.76. The van der Waals surface area contributed by atoms with E-state index in [4.69, 9.17) is 4.74 Å². The van der Waals surface area contributed by atoms with E-state index >= 15 is 0 Å². The molecule has 0 aromatic heterocycles. The summed E-state index contributed by atoms with van der Waals surface area (Å²) in [5.41, 5.74) is 2.19. The Labute approximate surface area is 166 Å². The van der Waals surface area contributed by atoms with E-state index < -0.39 is 5.97 Å². The van der Waals surface area contributed by atoms with Crippen molar-refractivity contribution in [1.29, 1.82) is 0 Å². The van der Waals surface area contributed by atoms with Crippen LogP contribution in [0.25, 0.3) is 0 Å². The summed E-state index contributed by atoms with van der Waals surface area (Å²) in [4.78, 5) is 28.9. The molecule has 28 heavy (non-hydrogen) atoms. The first-order valence-electron chi connectivity index (χ1n) is 9.75. The molecule has 0 radical (unpaired) electrons. The smallest absolute Gasteiger partial charge is 0.340 e. The molecular formula is C22H27N3O3. The molecule has 1 saturated heterocycles. The van der Waals surface area contributed by atoms with Gasteiger partial charge in [-0.25, -0.2) is 9.59 Å². The molecule has 0 aliphatic carbocycles. The lowest BCUT2D eigenvalue weighted by atomic mass is 10.1. The highest BCUT2D eigenvalue weighted by Crippen LogP contribution is 2.17. The van der Waals surface area contributed by atoms with Crippen LogP contribution < -0.4 is 5.32 Å². The number of anilines is 1. The number of carbonyl (C=O) groups is 2. The second-order valence-corrected chi connectivity index (χ2v) is 6.76. The molecule has 2 aromatic rings. The Morgan fingerprint density at radius 2 is 1.64 bits per heavy atom. The molecule has 1 aliphatic heterocycles. The highest BCUT2D eigenvalue weighted by Gasteiger charge is 2.22. The van der Waals surface area contributed by atoms with Crippen LogP contribution in [0.2, 0.25) is 0 Å². The lowest BCUT2D eigenvalue weighted by Gasteiger charge is -2.34. The van der Waals surface area contributed by atoms with E-state index in [1.165, 1.54) is 5.56 Å². The van der Waals surface area contributed by atoms with Crippen LogP contribution in [0.5, 0.6) is 0 Å². The van der Waals surface area contributed by atoms with Crippen molar-refractivity contribution >= 4 is 17.7 Å². The Kier molecular flexibility index (Phi) is 7.03. The molecule has 0 spiro atoms. The van der Waals surface area contributed by atoms with E-state index in [1.54, 1.807) is 36.1 Å². The number of esters is 1. The molecule has 1 fully saturated rings. The Morgan fingerprint density at radius 3 is 2.36 bits per heavy atom. The average molecular weight is 381 g/mol. The van der Waals surface area contributed by atoms with E-state index in [9.17, 15) is 9.59 Å². The lowest BCUT2D eigenvalue weighted by molar-refractivity contribution is 0.0527. The quantitative estimate of drug-likeness (QED) is 0.781. The first kappa shape index (κ1) is 19.9. The van der Waals surface area contributed by atoms with Gasteiger partial charge in [-0.3, -0.25) is 4.90 Å². The minimum atomic E-state index is -0.427. The highest BCUT2D eigenvalue weighted by molar-refractivity contribution is 6.00. The standard InChI is InChI=1S/C22H27N3O3/c1-2-28-21(26)19-10-6-7-11-20(19)23-22(27)25-16-14-24(15-17-25)13-12-18-8-4-3-5-9-18/h3-11H,2,12-17H2,1H3,(H,23,27). The zero-order valence-electron chi connectivity index (χ0n) is 16.3. The summed E-state index contributed by atoms with van der Waals surface area (Å²) in [5, 5.41) is 2.86. The second kappa shape index (κ2) is 9.90. The third-order valence-corrected chi connectivity index (χ3v) is 4.88. The number of urea groups is 1. The number of nitrogens with zero attached hydrogens (tertiary/aromatic N) is 2. The summed E-state index contributed by atoms with van der Waals surface area (Å²) in [6.45, 7) is 6.08. The molecular weight excluding hydrogens is 354 g/mol. The van der Waals surface area contributed by atoms with Crippen molar-refractivity contribution in [2.24, 2.45) is 0 Å². The van der Waals surface area contributed by atoms with Crippen LogP contribution in [0.4, 0.5) is 10.5 Å². The van der Waals surface area contributed by atoms with Gasteiger partial charge in [0.1, 0.15) is 0 Å². The fourth-order valence-corrected chi connectivity index (χ4v) is 3.28. The number of amides is 2. The summed E-state index contributed by atoms with van der Waals surface area (Å²) < 4.78 is 5.06. The Morgan fingerprint density at radius 1 is 0.964 bits per heavy atom. The normalized spacial score (nSPS) is 14.5. The highest BCUT2D eigenvalue weighted by atomic mass is 16.5. The zero-order valence-corrected chi connectivity index (χ0v) is 16.3. The van der Waals surface area contributed by atoms with Crippen LogP contribution in [-0.4, -0.2) is 61.1 Å². The van der Waals surface area contributed by atoms with Gasteiger partial charge < -0.3 is 15.0 Å². The molecule has 6 heteroatoms. The number of carbonyl (C=O) groups excluding carboxylic acids is 2. The van der Waals surface area contributed by atoms with Gasteiger partial charge in [0.15, 0.2) is 0 Å². The average Bonchev–Trinajstić information content (AvgIpc) is 2.74. The SMILES string of the molecule is CCOC(=O)c1ccccc1NC(=O)N1CCN(CCc2ccccc2)CC1. The minimum Gasteiger partial charge on any atom is -0.462 e. The first-order valence-corrected chi connectivity index (χ1v) is 9.75. The number of hydrogen-bond donors (Lipinski definition) is 1. The molecule has 6 nitrogen and oxygen atoms in total. The number of nitrogens with one attached hydrogen (secondary N) is 1. The van der Waals surface area contributed by atoms with Crippen molar-refractivity contribution in [2.45, 2.75) is 13.3 Å². The maximum absolute atomic E-state index is 12.6. The van der Waals surface area contributed by atoms with Crippen molar-refractivity contribution < 1.29 is 14.3 Å². The summed E-state index contributed by atoms with van der Waals surface area (Å²) in [6, 6.07) is 17.2. The van der Waals surface area contributed by atoms with E-state index in [0.717, 1.165) is 26.1 Å². The van der Waals surface area contributed by atoms with Crippen LogP contribution in [-0.2, 0) is 11.2 Å². The Hall–Kier alpha value is -2.86. The van der Waals surface area contributed by atoms with Crippen molar-refractivity contribution in [3.05, 3.63) is 65.7 Å². The molecule has 0 bridgehead atoms.